The summed E-state index contributed by atoms with van der Waals surface area (Å²) in [6, 6.07) is 8.63. The van der Waals surface area contributed by atoms with Gasteiger partial charge in [0.05, 0.1) is 12.6 Å². The second-order valence-electron chi connectivity index (χ2n) is 4.65. The van der Waals surface area contributed by atoms with Crippen molar-refractivity contribution in [2.75, 3.05) is 5.32 Å². The number of para-hydroxylation sites is 1. The van der Waals surface area contributed by atoms with Gasteiger partial charge in [0.1, 0.15) is 11.6 Å². The Morgan fingerprint density at radius 1 is 1.35 bits per heavy atom. The van der Waals surface area contributed by atoms with Gasteiger partial charge < -0.3 is 10.4 Å². The predicted octanol–water partition coefficient (Wildman–Crippen LogP) is 2.57. The molecule has 0 fully saturated rings. The van der Waals surface area contributed by atoms with Gasteiger partial charge in [-0.25, -0.2) is 4.68 Å². The maximum Gasteiger partial charge on any atom is 0.230 e. The Bertz CT molecular complexity index is 578. The number of hydrogen-bond donors (Lipinski definition) is 2. The number of benzene rings is 1. The second kappa shape index (κ2) is 6.75. The van der Waals surface area contributed by atoms with Crippen molar-refractivity contribution in [3.8, 4) is 5.75 Å². The summed E-state index contributed by atoms with van der Waals surface area (Å²) in [4.78, 5) is 12.0. The average molecular weight is 273 g/mol. The monoisotopic (exact) mass is 273 g/mol. The molecule has 0 spiro atoms. The summed E-state index contributed by atoms with van der Waals surface area (Å²) in [5.41, 5.74) is 0.615. The van der Waals surface area contributed by atoms with Crippen molar-refractivity contribution in [2.45, 2.75) is 32.7 Å². The molecular formula is C15H19N3O2. The van der Waals surface area contributed by atoms with Crippen LogP contribution in [0.3, 0.4) is 0 Å². The number of amides is 1. The number of hydrogen-bond acceptors (Lipinski definition) is 3. The minimum atomic E-state index is -0.162. The number of aryl methyl sites for hydroxylation is 1. The molecule has 1 amide bonds. The molecule has 0 saturated heterocycles. The summed E-state index contributed by atoms with van der Waals surface area (Å²) in [5.74, 6) is 0.672. The Morgan fingerprint density at radius 3 is 2.90 bits per heavy atom. The lowest BCUT2D eigenvalue weighted by Crippen LogP contribution is -2.17. The van der Waals surface area contributed by atoms with Crippen molar-refractivity contribution >= 4 is 11.7 Å². The Kier molecular flexibility index (Phi) is 4.76. The summed E-state index contributed by atoms with van der Waals surface area (Å²) in [7, 11) is 0. The molecule has 0 radical (unpaired) electrons. The zero-order valence-corrected chi connectivity index (χ0v) is 11.5. The van der Waals surface area contributed by atoms with Crippen molar-refractivity contribution in [1.82, 2.24) is 9.78 Å². The van der Waals surface area contributed by atoms with E-state index in [-0.39, 0.29) is 18.1 Å². The average Bonchev–Trinajstić information content (AvgIpc) is 2.86. The highest BCUT2D eigenvalue weighted by Crippen LogP contribution is 2.17. The van der Waals surface area contributed by atoms with Gasteiger partial charge in [-0.1, -0.05) is 31.5 Å². The van der Waals surface area contributed by atoms with Gasteiger partial charge in [0.15, 0.2) is 0 Å². The van der Waals surface area contributed by atoms with Crippen LogP contribution in [0.25, 0.3) is 0 Å². The van der Waals surface area contributed by atoms with Crippen LogP contribution in [0.2, 0.25) is 0 Å². The standard InChI is InChI=1S/C15H19N3O2/c1-2-3-10-18-14(8-9-16-18)17-15(20)11-12-6-4-5-7-13(12)19/h4-9,19H,2-3,10-11H2,1H3,(H,17,20). The molecule has 1 aromatic heterocycles. The number of aromatic hydroxyl groups is 1. The summed E-state index contributed by atoms with van der Waals surface area (Å²) < 4.78 is 1.78. The summed E-state index contributed by atoms with van der Waals surface area (Å²) in [6.07, 6.45) is 3.91. The Balaban J connectivity index is 1.98. The zero-order chi connectivity index (χ0) is 14.4. The maximum atomic E-state index is 12.0. The smallest absolute Gasteiger partial charge is 0.230 e. The second-order valence-corrected chi connectivity index (χ2v) is 4.65. The van der Waals surface area contributed by atoms with Gasteiger partial charge in [-0.15, -0.1) is 0 Å². The van der Waals surface area contributed by atoms with Crippen molar-refractivity contribution in [3.05, 3.63) is 42.1 Å². The highest BCUT2D eigenvalue weighted by molar-refractivity contribution is 5.91. The molecule has 1 aromatic carbocycles. The SMILES string of the molecule is CCCCn1nccc1NC(=O)Cc1ccccc1O. The number of rotatable bonds is 6. The third-order valence-corrected chi connectivity index (χ3v) is 3.05. The number of carbonyl (C=O) groups excluding carboxylic acids is 1. The van der Waals surface area contributed by atoms with E-state index in [1.807, 2.05) is 0 Å². The number of phenolic OH excluding ortho intramolecular Hbond substituents is 1. The van der Waals surface area contributed by atoms with E-state index in [9.17, 15) is 9.90 Å². The van der Waals surface area contributed by atoms with Crippen LogP contribution in [-0.2, 0) is 17.8 Å². The first kappa shape index (κ1) is 14.1. The van der Waals surface area contributed by atoms with Gasteiger partial charge in [-0.05, 0) is 12.5 Å². The largest absolute Gasteiger partial charge is 0.508 e. The van der Waals surface area contributed by atoms with E-state index in [0.717, 1.165) is 19.4 Å². The molecule has 0 aliphatic rings. The molecule has 106 valence electrons. The number of unbranched alkanes of at least 4 members (excludes halogenated alkanes) is 1. The van der Waals surface area contributed by atoms with Crippen LogP contribution in [0.1, 0.15) is 25.3 Å². The number of phenols is 1. The third kappa shape index (κ3) is 3.60. The van der Waals surface area contributed by atoms with E-state index < -0.39 is 0 Å². The van der Waals surface area contributed by atoms with Crippen LogP contribution in [-0.4, -0.2) is 20.8 Å². The Morgan fingerprint density at radius 2 is 2.15 bits per heavy atom. The minimum absolute atomic E-state index is 0.141. The summed E-state index contributed by atoms with van der Waals surface area (Å²) in [5, 5.41) is 16.7. The zero-order valence-electron chi connectivity index (χ0n) is 11.5. The van der Waals surface area contributed by atoms with Gasteiger partial charge >= 0.3 is 0 Å². The van der Waals surface area contributed by atoms with E-state index >= 15 is 0 Å². The van der Waals surface area contributed by atoms with Gasteiger partial charge in [-0.2, -0.15) is 5.10 Å². The van der Waals surface area contributed by atoms with Crippen molar-refractivity contribution < 1.29 is 9.90 Å². The first-order chi connectivity index (χ1) is 9.70. The lowest BCUT2D eigenvalue weighted by Gasteiger charge is -2.09. The van der Waals surface area contributed by atoms with E-state index in [4.69, 9.17) is 0 Å². The van der Waals surface area contributed by atoms with Gasteiger partial charge in [-0.3, -0.25) is 4.79 Å². The fourth-order valence-electron chi connectivity index (χ4n) is 1.95. The molecule has 0 saturated carbocycles. The van der Waals surface area contributed by atoms with Crippen molar-refractivity contribution in [2.24, 2.45) is 0 Å². The quantitative estimate of drug-likeness (QED) is 0.850. The van der Waals surface area contributed by atoms with Crippen molar-refractivity contribution in [3.63, 3.8) is 0 Å². The molecule has 2 aromatic rings. The molecule has 0 aliphatic carbocycles. The normalized spacial score (nSPS) is 10.4. The molecule has 5 heteroatoms. The molecule has 0 bridgehead atoms. The molecule has 0 atom stereocenters. The van der Waals surface area contributed by atoms with Crippen molar-refractivity contribution in [1.29, 1.82) is 0 Å². The number of aromatic nitrogens is 2. The number of carbonyl (C=O) groups is 1. The molecule has 0 unspecified atom stereocenters. The topological polar surface area (TPSA) is 67.2 Å². The number of nitrogens with zero attached hydrogens (tertiary/aromatic N) is 2. The fraction of sp³-hybridized carbons (Fsp3) is 0.333. The molecule has 5 nitrogen and oxygen atoms in total. The van der Waals surface area contributed by atoms with Gasteiger partial charge in [0.25, 0.3) is 0 Å². The third-order valence-electron chi connectivity index (χ3n) is 3.05. The van der Waals surface area contributed by atoms with E-state index in [1.165, 1.54) is 0 Å². The van der Waals surface area contributed by atoms with Crippen LogP contribution < -0.4 is 5.32 Å². The van der Waals surface area contributed by atoms with Crippen LogP contribution in [0, 0.1) is 0 Å². The molecule has 1 heterocycles. The molecular weight excluding hydrogens is 254 g/mol. The highest BCUT2D eigenvalue weighted by Gasteiger charge is 2.10. The van der Waals surface area contributed by atoms with Gasteiger partial charge in [0, 0.05) is 18.2 Å². The lowest BCUT2D eigenvalue weighted by molar-refractivity contribution is -0.115. The van der Waals surface area contributed by atoms with Crippen LogP contribution in [0.15, 0.2) is 36.5 Å². The van der Waals surface area contributed by atoms with Gasteiger partial charge in [0.2, 0.25) is 5.91 Å². The minimum Gasteiger partial charge on any atom is -0.508 e. The number of nitrogens with one attached hydrogen (secondary N) is 1. The van der Waals surface area contributed by atoms with Crippen LogP contribution in [0.4, 0.5) is 5.82 Å². The fourth-order valence-corrected chi connectivity index (χ4v) is 1.95. The summed E-state index contributed by atoms with van der Waals surface area (Å²) >= 11 is 0. The number of anilines is 1. The Hall–Kier alpha value is -2.30. The molecule has 2 rings (SSSR count). The Labute approximate surface area is 118 Å². The van der Waals surface area contributed by atoms with Crippen LogP contribution in [0.5, 0.6) is 5.75 Å². The highest BCUT2D eigenvalue weighted by atomic mass is 16.3. The summed E-state index contributed by atoms with van der Waals surface area (Å²) in [6.45, 7) is 2.90. The lowest BCUT2D eigenvalue weighted by atomic mass is 10.1. The van der Waals surface area contributed by atoms with E-state index in [0.29, 0.717) is 11.4 Å². The molecule has 20 heavy (non-hydrogen) atoms. The molecule has 0 aliphatic heterocycles. The predicted molar refractivity (Wildman–Crippen MR) is 77.6 cm³/mol. The van der Waals surface area contributed by atoms with E-state index in [1.54, 1.807) is 41.2 Å². The first-order valence-electron chi connectivity index (χ1n) is 6.79. The molecule has 2 N–H and O–H groups in total. The first-order valence-corrected chi connectivity index (χ1v) is 6.79. The van der Waals surface area contributed by atoms with Crippen LogP contribution >= 0.6 is 0 Å². The van der Waals surface area contributed by atoms with E-state index in [2.05, 4.69) is 17.3 Å². The maximum absolute atomic E-state index is 12.0.